The zero-order valence-corrected chi connectivity index (χ0v) is 16.1. The van der Waals surface area contributed by atoms with Crippen molar-refractivity contribution in [2.45, 2.75) is 53.4 Å². The van der Waals surface area contributed by atoms with Gasteiger partial charge in [-0.15, -0.1) is 0 Å². The number of methoxy groups -OCH3 is 1. The van der Waals surface area contributed by atoms with Crippen LogP contribution < -0.4 is 16.0 Å². The van der Waals surface area contributed by atoms with Crippen LogP contribution in [0.5, 0.6) is 0 Å². The van der Waals surface area contributed by atoms with Gasteiger partial charge in [-0.25, -0.2) is 0 Å². The maximum Gasteiger partial charge on any atom is 0.225 e. The summed E-state index contributed by atoms with van der Waals surface area (Å²) in [5.74, 6) is 0.894. The molecule has 1 rings (SSSR count). The van der Waals surface area contributed by atoms with Gasteiger partial charge < -0.3 is 20.7 Å². The predicted molar refractivity (Wildman–Crippen MR) is 99.2 cm³/mol. The first-order chi connectivity index (χ1) is 11.3. The molecule has 0 heterocycles. The molecule has 0 atom stereocenters. The summed E-state index contributed by atoms with van der Waals surface area (Å²) >= 11 is 0. The molecule has 24 heavy (non-hydrogen) atoms. The van der Waals surface area contributed by atoms with Crippen molar-refractivity contribution in [2.24, 2.45) is 15.8 Å². The van der Waals surface area contributed by atoms with E-state index in [0.29, 0.717) is 18.5 Å². The highest BCUT2D eigenvalue weighted by atomic mass is 16.5. The Kier molecular flexibility index (Phi) is 8.53. The Morgan fingerprint density at radius 3 is 2.33 bits per heavy atom. The molecule has 1 aliphatic carbocycles. The summed E-state index contributed by atoms with van der Waals surface area (Å²) in [5, 5.41) is 9.51. The van der Waals surface area contributed by atoms with Gasteiger partial charge in [-0.2, -0.15) is 0 Å². The van der Waals surface area contributed by atoms with Gasteiger partial charge in [0.05, 0.1) is 0 Å². The molecule has 0 unspecified atom stereocenters. The molecule has 0 radical (unpaired) electrons. The maximum absolute atomic E-state index is 11.8. The van der Waals surface area contributed by atoms with Gasteiger partial charge in [0.25, 0.3) is 0 Å². The van der Waals surface area contributed by atoms with Crippen LogP contribution in [-0.4, -0.2) is 51.8 Å². The Labute approximate surface area is 147 Å². The topological polar surface area (TPSA) is 74.8 Å². The van der Waals surface area contributed by atoms with E-state index in [9.17, 15) is 4.79 Å². The van der Waals surface area contributed by atoms with Crippen molar-refractivity contribution in [1.82, 2.24) is 16.0 Å². The molecule has 0 aromatic carbocycles. The van der Waals surface area contributed by atoms with E-state index >= 15 is 0 Å². The lowest BCUT2D eigenvalue weighted by molar-refractivity contribution is -0.128. The van der Waals surface area contributed by atoms with Crippen LogP contribution in [0.3, 0.4) is 0 Å². The van der Waals surface area contributed by atoms with E-state index in [0.717, 1.165) is 32.1 Å². The SMILES string of the molecule is CCNC(=NCC1(CCOC)CCC1)NCCNC(=O)C(C)(C)C. The van der Waals surface area contributed by atoms with E-state index in [1.54, 1.807) is 7.11 Å². The molecular weight excluding hydrogens is 304 g/mol. The van der Waals surface area contributed by atoms with Gasteiger partial charge in [0.1, 0.15) is 0 Å². The number of hydrogen-bond acceptors (Lipinski definition) is 3. The zero-order chi connectivity index (χ0) is 18.1. The first-order valence-corrected chi connectivity index (χ1v) is 9.12. The van der Waals surface area contributed by atoms with Crippen molar-refractivity contribution in [3.8, 4) is 0 Å². The number of aliphatic imine (C=N–C) groups is 1. The van der Waals surface area contributed by atoms with Gasteiger partial charge in [0, 0.05) is 45.3 Å². The third-order valence-electron chi connectivity index (χ3n) is 4.55. The summed E-state index contributed by atoms with van der Waals surface area (Å²) in [6.45, 7) is 11.5. The minimum atomic E-state index is -0.351. The highest BCUT2D eigenvalue weighted by molar-refractivity contribution is 5.81. The number of hydrogen-bond donors (Lipinski definition) is 3. The minimum absolute atomic E-state index is 0.0687. The Balaban J connectivity index is 2.41. The molecule has 0 aromatic rings. The molecule has 0 saturated heterocycles. The Hall–Kier alpha value is -1.30. The van der Waals surface area contributed by atoms with Crippen molar-refractivity contribution in [2.75, 3.05) is 39.9 Å². The van der Waals surface area contributed by atoms with Gasteiger partial charge in [-0.1, -0.05) is 27.2 Å². The monoisotopic (exact) mass is 340 g/mol. The van der Waals surface area contributed by atoms with Crippen LogP contribution in [0.1, 0.15) is 53.4 Å². The van der Waals surface area contributed by atoms with Crippen LogP contribution >= 0.6 is 0 Å². The fourth-order valence-corrected chi connectivity index (χ4v) is 2.69. The van der Waals surface area contributed by atoms with Crippen LogP contribution in [0.25, 0.3) is 0 Å². The van der Waals surface area contributed by atoms with Crippen molar-refractivity contribution >= 4 is 11.9 Å². The van der Waals surface area contributed by atoms with Crippen molar-refractivity contribution < 1.29 is 9.53 Å². The summed E-state index contributed by atoms with van der Waals surface area (Å²) < 4.78 is 5.24. The normalized spacial score (nSPS) is 17.1. The molecule has 1 amide bonds. The summed E-state index contributed by atoms with van der Waals surface area (Å²) in [4.78, 5) is 16.6. The van der Waals surface area contributed by atoms with E-state index in [1.165, 1.54) is 19.3 Å². The quantitative estimate of drug-likeness (QED) is 0.340. The second kappa shape index (κ2) is 9.87. The van der Waals surface area contributed by atoms with Crippen molar-refractivity contribution in [1.29, 1.82) is 0 Å². The second-order valence-corrected chi connectivity index (χ2v) is 7.72. The Bertz CT molecular complexity index is 412. The maximum atomic E-state index is 11.8. The lowest BCUT2D eigenvalue weighted by atomic mass is 9.67. The molecule has 6 nitrogen and oxygen atoms in total. The molecule has 1 saturated carbocycles. The summed E-state index contributed by atoms with van der Waals surface area (Å²) in [5.41, 5.74) is -0.0324. The van der Waals surface area contributed by atoms with E-state index in [1.807, 2.05) is 20.8 Å². The molecule has 0 spiro atoms. The molecule has 0 aromatic heterocycles. The van der Waals surface area contributed by atoms with Crippen LogP contribution in [-0.2, 0) is 9.53 Å². The summed E-state index contributed by atoms with van der Waals surface area (Å²) in [6, 6.07) is 0. The second-order valence-electron chi connectivity index (χ2n) is 7.72. The molecule has 0 aliphatic heterocycles. The minimum Gasteiger partial charge on any atom is -0.385 e. The van der Waals surface area contributed by atoms with Crippen LogP contribution in [0.15, 0.2) is 4.99 Å². The molecule has 3 N–H and O–H groups in total. The molecule has 140 valence electrons. The van der Waals surface area contributed by atoms with Crippen LogP contribution in [0.2, 0.25) is 0 Å². The molecule has 1 aliphatic rings. The fraction of sp³-hybridized carbons (Fsp3) is 0.889. The van der Waals surface area contributed by atoms with Gasteiger partial charge in [0.2, 0.25) is 5.91 Å². The standard InChI is InChI=1S/C18H36N4O2/c1-6-19-16(21-12-11-20-15(23)17(2,3)4)22-14-18(8-7-9-18)10-13-24-5/h6-14H2,1-5H3,(H,20,23)(H2,19,21,22). The number of amides is 1. The first-order valence-electron chi connectivity index (χ1n) is 9.12. The van der Waals surface area contributed by atoms with E-state index in [-0.39, 0.29) is 11.3 Å². The van der Waals surface area contributed by atoms with Crippen molar-refractivity contribution in [3.05, 3.63) is 0 Å². The largest absolute Gasteiger partial charge is 0.385 e. The molecule has 0 bridgehead atoms. The predicted octanol–water partition coefficient (Wildman–Crippen LogP) is 1.91. The van der Waals surface area contributed by atoms with Gasteiger partial charge >= 0.3 is 0 Å². The number of nitrogens with one attached hydrogen (secondary N) is 3. The van der Waals surface area contributed by atoms with E-state index in [2.05, 4.69) is 22.9 Å². The molecule has 6 heteroatoms. The third-order valence-corrected chi connectivity index (χ3v) is 4.55. The van der Waals surface area contributed by atoms with Gasteiger partial charge in [-0.05, 0) is 31.6 Å². The average molecular weight is 341 g/mol. The van der Waals surface area contributed by atoms with Crippen molar-refractivity contribution in [3.63, 3.8) is 0 Å². The third kappa shape index (κ3) is 7.07. The lowest BCUT2D eigenvalue weighted by Gasteiger charge is -2.40. The lowest BCUT2D eigenvalue weighted by Crippen LogP contribution is -2.44. The first kappa shape index (κ1) is 20.7. The molecule has 1 fully saturated rings. The fourth-order valence-electron chi connectivity index (χ4n) is 2.69. The van der Waals surface area contributed by atoms with Crippen LogP contribution in [0, 0.1) is 10.8 Å². The number of ether oxygens (including phenoxy) is 1. The number of guanidine groups is 1. The summed E-state index contributed by atoms with van der Waals surface area (Å²) in [6.07, 6.45) is 4.85. The number of nitrogens with zero attached hydrogens (tertiary/aromatic N) is 1. The Morgan fingerprint density at radius 1 is 1.17 bits per heavy atom. The average Bonchev–Trinajstić information content (AvgIpc) is 2.48. The number of carbonyl (C=O) groups is 1. The smallest absolute Gasteiger partial charge is 0.225 e. The number of carbonyl (C=O) groups excluding carboxylic acids is 1. The Morgan fingerprint density at radius 2 is 1.83 bits per heavy atom. The van der Waals surface area contributed by atoms with Gasteiger partial charge in [-0.3, -0.25) is 9.79 Å². The molecular formula is C18H36N4O2. The van der Waals surface area contributed by atoms with E-state index < -0.39 is 0 Å². The van der Waals surface area contributed by atoms with E-state index in [4.69, 9.17) is 9.73 Å². The zero-order valence-electron chi connectivity index (χ0n) is 16.1. The summed E-state index contributed by atoms with van der Waals surface area (Å²) in [7, 11) is 1.76. The van der Waals surface area contributed by atoms with Gasteiger partial charge in [0.15, 0.2) is 5.96 Å². The highest BCUT2D eigenvalue weighted by Gasteiger charge is 2.36. The van der Waals surface area contributed by atoms with Crippen LogP contribution in [0.4, 0.5) is 0 Å². The number of rotatable bonds is 9. The highest BCUT2D eigenvalue weighted by Crippen LogP contribution is 2.44.